The molecule has 0 aliphatic rings. The molecule has 0 spiro atoms. The number of aromatic nitrogens is 1. The molecule has 0 atom stereocenters. The average molecular weight is 926 g/mol. The van der Waals surface area contributed by atoms with Crippen LogP contribution in [0.5, 0.6) is 0 Å². The Morgan fingerprint density at radius 1 is 0.508 bits per heavy atom. The van der Waals surface area contributed by atoms with Gasteiger partial charge >= 0.3 is 31.4 Å². The van der Waals surface area contributed by atoms with Crippen molar-refractivity contribution in [3.63, 3.8) is 0 Å². The van der Waals surface area contributed by atoms with Gasteiger partial charge in [-0.25, -0.2) is 23.4 Å². The van der Waals surface area contributed by atoms with Gasteiger partial charge in [-0.2, -0.15) is 13.2 Å². The quantitative estimate of drug-likeness (QED) is 0.0963. The van der Waals surface area contributed by atoms with Gasteiger partial charge in [-0.05, 0) is 68.2 Å². The maximum absolute atomic E-state index is 10.7. The number of halogens is 3. The van der Waals surface area contributed by atoms with Gasteiger partial charge < -0.3 is 4.55 Å². The first kappa shape index (κ1) is 49.3. The van der Waals surface area contributed by atoms with E-state index < -0.39 is 15.6 Å². The van der Waals surface area contributed by atoms with Crippen LogP contribution < -0.4 is 0 Å². The first-order valence-corrected chi connectivity index (χ1v) is 20.6. The van der Waals surface area contributed by atoms with E-state index >= 15 is 0 Å². The molecule has 1 aromatic heterocycles. The van der Waals surface area contributed by atoms with E-state index in [2.05, 4.69) is 186 Å². The maximum atomic E-state index is 10.7. The van der Waals surface area contributed by atoms with Gasteiger partial charge in [0.25, 0.3) is 0 Å². The van der Waals surface area contributed by atoms with E-state index in [4.69, 9.17) is 27.9 Å². The van der Waals surface area contributed by atoms with Crippen molar-refractivity contribution in [1.29, 1.82) is 0 Å². The minimum absolute atomic E-state index is 0. The first-order valence-electron chi connectivity index (χ1n) is 19.2. The van der Waals surface area contributed by atoms with E-state index in [0.29, 0.717) is 0 Å². The summed E-state index contributed by atoms with van der Waals surface area (Å²) < 4.78 is 58.9. The van der Waals surface area contributed by atoms with Crippen LogP contribution >= 0.6 is 0 Å². The second kappa shape index (κ2) is 18.7. The van der Waals surface area contributed by atoms with Crippen LogP contribution in [-0.4, -0.2) is 60.7 Å². The van der Waals surface area contributed by atoms with Crippen molar-refractivity contribution in [2.24, 2.45) is 9.98 Å². The Kier molecular flexibility index (Phi) is 15.6. The third-order valence-electron chi connectivity index (χ3n) is 9.42. The molecule has 1 heterocycles. The molecule has 0 aliphatic carbocycles. The van der Waals surface area contributed by atoms with Crippen molar-refractivity contribution in [2.45, 2.75) is 110 Å². The van der Waals surface area contributed by atoms with E-state index in [-0.39, 0.29) is 47.5 Å². The molecule has 11 heteroatoms. The predicted octanol–water partition coefficient (Wildman–Crippen LogP) is 12.3. The molecule has 310 valence electrons. The molecule has 59 heavy (non-hydrogen) atoms. The van der Waals surface area contributed by atoms with E-state index in [1.165, 1.54) is 22.3 Å². The molecule has 0 unspecified atom stereocenters. The topological polar surface area (TPSA) is 94.8 Å². The number of pyridine rings is 1. The monoisotopic (exact) mass is 925 g/mol. The van der Waals surface area contributed by atoms with Crippen LogP contribution in [0.4, 0.5) is 24.5 Å². The van der Waals surface area contributed by atoms with Crippen molar-refractivity contribution in [2.75, 3.05) is 0 Å². The fourth-order valence-corrected chi connectivity index (χ4v) is 6.12. The van der Waals surface area contributed by atoms with Crippen LogP contribution in [0.3, 0.4) is 0 Å². The second-order valence-corrected chi connectivity index (χ2v) is 19.8. The third-order valence-corrected chi connectivity index (χ3v) is 9.99. The molecule has 6 nitrogen and oxygen atoms in total. The Morgan fingerprint density at radius 2 is 0.831 bits per heavy atom. The summed E-state index contributed by atoms with van der Waals surface area (Å²) in [5.41, 5.74) is 6.32. The Hall–Kier alpha value is -4.06. The summed E-state index contributed by atoms with van der Waals surface area (Å²) in [4.78, 5) is 16.4. The second-order valence-electron chi connectivity index (χ2n) is 18.4. The Labute approximate surface area is 368 Å². The van der Waals surface area contributed by atoms with Crippen molar-refractivity contribution in [3.8, 4) is 0 Å². The maximum Gasteiger partial charge on any atom is 1.00 e. The summed E-state index contributed by atoms with van der Waals surface area (Å²) in [5.74, 6) is 0. The number of hydrogen-bond acceptors (Lipinski definition) is 6. The zero-order valence-corrected chi connectivity index (χ0v) is 40.3. The van der Waals surface area contributed by atoms with Gasteiger partial charge in [-0.1, -0.05) is 174 Å². The van der Waals surface area contributed by atoms with Crippen molar-refractivity contribution in [3.05, 3.63) is 160 Å². The summed E-state index contributed by atoms with van der Waals surface area (Å²) in [6.07, 6.45) is 0. The molecule has 4 aromatic carbocycles. The van der Waals surface area contributed by atoms with Crippen molar-refractivity contribution in [1.82, 2.24) is 4.98 Å². The normalized spacial score (nSPS) is 13.3. The van der Waals surface area contributed by atoms with Crippen LogP contribution in [-0.2, 0) is 31.8 Å². The summed E-state index contributed by atoms with van der Waals surface area (Å²) in [6, 6.07) is 40.6. The standard InChI is InChI=1S/C47H55N3.CHF3O3S.In/c1-44(2,3)34-26-28-36(46(7,8)9)40(30-34)49-42(32-20-15-13-16-21-32)38-24-19-25-39(48-38)43(33-22-17-14-18-23-33)50-41-31-35(45(4,5)6)27-29-37(41)47(10,11)12;2-1(3,4)8(5,6)7;/h13-31H,1-12H3;(H,5,6,7);/q;;+1/p-1. The number of hydrogen-bond donors (Lipinski definition) is 0. The van der Waals surface area contributed by atoms with Crippen molar-refractivity contribution >= 4 is 58.8 Å². The zero-order chi connectivity index (χ0) is 43.5. The van der Waals surface area contributed by atoms with Gasteiger partial charge in [-0.15, -0.1) is 0 Å². The van der Waals surface area contributed by atoms with Gasteiger partial charge in [-0.3, -0.25) is 0 Å². The van der Waals surface area contributed by atoms with Gasteiger partial charge in [0.2, 0.25) is 0 Å². The summed E-state index contributed by atoms with van der Waals surface area (Å²) in [7, 11) is -6.09. The molecule has 0 fully saturated rings. The SMILES string of the molecule is CC(C)(C)c1ccc(C(C)(C)C)c(N=C(c2ccccc2)c2cccc(C(=Nc3cc(C(C)(C)C)ccc3C(C)(C)C)c3ccccc3)n2)c1.O=S(=O)([O-])C(F)(F)F.[In+]. The number of benzene rings is 4. The van der Waals surface area contributed by atoms with Gasteiger partial charge in [0.05, 0.1) is 34.2 Å². The fraction of sp³-hybridized carbons (Fsp3) is 0.354. The molecule has 0 bridgehead atoms. The van der Waals surface area contributed by atoms with E-state index in [1.807, 2.05) is 12.1 Å². The van der Waals surface area contributed by atoms with E-state index in [0.717, 1.165) is 45.3 Å². The van der Waals surface area contributed by atoms with Crippen LogP contribution in [0, 0.1) is 0 Å². The van der Waals surface area contributed by atoms with Gasteiger partial charge in [0.15, 0.2) is 10.1 Å². The molecule has 5 rings (SSSR count). The number of aliphatic imine (C=N–C) groups is 2. The molecule has 0 saturated heterocycles. The van der Waals surface area contributed by atoms with Crippen LogP contribution in [0.15, 0.2) is 125 Å². The van der Waals surface area contributed by atoms with Gasteiger partial charge in [0.1, 0.15) is 0 Å². The summed E-state index contributed by atoms with van der Waals surface area (Å²) in [5, 5.41) is 0. The third kappa shape index (κ3) is 13.2. The Bertz CT molecular complexity index is 2240. The summed E-state index contributed by atoms with van der Waals surface area (Å²) in [6.45, 7) is 27.0. The van der Waals surface area contributed by atoms with E-state index in [9.17, 15) is 13.2 Å². The molecule has 5 aromatic rings. The molecule has 0 N–H and O–H groups in total. The van der Waals surface area contributed by atoms with E-state index in [1.54, 1.807) is 0 Å². The van der Waals surface area contributed by atoms with Crippen LogP contribution in [0.1, 0.15) is 128 Å². The molecule has 0 saturated carbocycles. The molecular weight excluding hydrogens is 870 g/mol. The molecular formula is C48H55F3InN3O3S. The minimum Gasteiger partial charge on any atom is -0.741 e. The number of alkyl halides is 3. The first-order chi connectivity index (χ1) is 26.6. The molecule has 0 aliphatic heterocycles. The average Bonchev–Trinajstić information content (AvgIpc) is 3.11. The summed E-state index contributed by atoms with van der Waals surface area (Å²) >= 11 is 0. The Morgan fingerprint density at radius 3 is 1.10 bits per heavy atom. The fourth-order valence-electron chi connectivity index (χ4n) is 6.12. The molecule has 0 amide bonds. The van der Waals surface area contributed by atoms with Crippen LogP contribution in [0.2, 0.25) is 0 Å². The number of rotatable bonds is 6. The zero-order valence-electron chi connectivity index (χ0n) is 36.2. The smallest absolute Gasteiger partial charge is 0.741 e. The minimum atomic E-state index is -6.09. The van der Waals surface area contributed by atoms with Gasteiger partial charge in [0, 0.05) is 11.1 Å². The van der Waals surface area contributed by atoms with Crippen molar-refractivity contribution < 1.29 is 26.1 Å². The molecule has 2 radical (unpaired) electrons. The van der Waals surface area contributed by atoms with Crippen LogP contribution in [0.25, 0.3) is 0 Å². The number of nitrogens with zero attached hydrogens (tertiary/aromatic N) is 3. The largest absolute Gasteiger partial charge is 1.00 e. The predicted molar refractivity (Wildman–Crippen MR) is 237 cm³/mol. The Balaban J connectivity index is 0.000000936.